The molecule has 0 saturated carbocycles. The van der Waals surface area contributed by atoms with E-state index in [2.05, 4.69) is 12.2 Å². The van der Waals surface area contributed by atoms with Crippen LogP contribution in [0.5, 0.6) is 0 Å². The van der Waals surface area contributed by atoms with Crippen molar-refractivity contribution in [3.05, 3.63) is 29.8 Å². The van der Waals surface area contributed by atoms with Crippen molar-refractivity contribution in [2.45, 2.75) is 45.4 Å². The third-order valence-electron chi connectivity index (χ3n) is 3.83. The Morgan fingerprint density at radius 1 is 1.14 bits per heavy atom. The number of likely N-dealkylation sites (tertiary alicyclic amines) is 1. The van der Waals surface area contributed by atoms with Gasteiger partial charge in [-0.05, 0) is 37.8 Å². The number of unbranched alkanes of at least 4 members (excludes halogenated alkanes) is 1. The van der Waals surface area contributed by atoms with Gasteiger partial charge < -0.3 is 10.2 Å². The fourth-order valence-electron chi connectivity index (χ4n) is 2.60. The van der Waals surface area contributed by atoms with E-state index in [9.17, 15) is 9.59 Å². The van der Waals surface area contributed by atoms with E-state index >= 15 is 0 Å². The number of amides is 2. The van der Waals surface area contributed by atoms with Gasteiger partial charge in [0.05, 0.1) is 11.3 Å². The van der Waals surface area contributed by atoms with Crippen molar-refractivity contribution in [2.75, 3.05) is 18.4 Å². The fourth-order valence-corrected chi connectivity index (χ4v) is 2.60. The second-order valence-corrected chi connectivity index (χ2v) is 5.55. The van der Waals surface area contributed by atoms with Crippen molar-refractivity contribution < 1.29 is 9.59 Å². The lowest BCUT2D eigenvalue weighted by Crippen LogP contribution is -2.36. The van der Waals surface area contributed by atoms with Gasteiger partial charge in [-0.1, -0.05) is 25.5 Å². The molecule has 1 saturated heterocycles. The van der Waals surface area contributed by atoms with Crippen LogP contribution >= 0.6 is 0 Å². The number of nitrogens with one attached hydrogen (secondary N) is 1. The minimum atomic E-state index is -0.0178. The standard InChI is InChI=1S/C17H24N2O2/c1-2-3-11-16(20)18-15-10-6-5-9-14(15)17(21)19-12-7-4-8-13-19/h5-6,9-10H,2-4,7-8,11-13H2,1H3,(H,18,20). The van der Waals surface area contributed by atoms with Gasteiger partial charge in [-0.2, -0.15) is 0 Å². The van der Waals surface area contributed by atoms with Crippen LogP contribution in [0.15, 0.2) is 24.3 Å². The summed E-state index contributed by atoms with van der Waals surface area (Å²) in [7, 11) is 0. The number of para-hydroxylation sites is 1. The summed E-state index contributed by atoms with van der Waals surface area (Å²) in [4.78, 5) is 26.4. The topological polar surface area (TPSA) is 49.4 Å². The molecule has 0 unspecified atom stereocenters. The summed E-state index contributed by atoms with van der Waals surface area (Å²) < 4.78 is 0. The lowest BCUT2D eigenvalue weighted by molar-refractivity contribution is -0.116. The van der Waals surface area contributed by atoms with Crippen LogP contribution in [-0.2, 0) is 4.79 Å². The van der Waals surface area contributed by atoms with Crippen LogP contribution in [0.4, 0.5) is 5.69 Å². The van der Waals surface area contributed by atoms with Crippen LogP contribution < -0.4 is 5.32 Å². The lowest BCUT2D eigenvalue weighted by atomic mass is 10.1. The maximum absolute atomic E-state index is 12.6. The molecule has 4 nitrogen and oxygen atoms in total. The lowest BCUT2D eigenvalue weighted by Gasteiger charge is -2.27. The highest BCUT2D eigenvalue weighted by Gasteiger charge is 2.20. The van der Waals surface area contributed by atoms with Gasteiger partial charge in [-0.25, -0.2) is 0 Å². The Hall–Kier alpha value is -1.84. The van der Waals surface area contributed by atoms with Crippen molar-refractivity contribution >= 4 is 17.5 Å². The minimum Gasteiger partial charge on any atom is -0.339 e. The molecule has 21 heavy (non-hydrogen) atoms. The summed E-state index contributed by atoms with van der Waals surface area (Å²) >= 11 is 0. The molecule has 0 spiro atoms. The van der Waals surface area contributed by atoms with Gasteiger partial charge in [0, 0.05) is 19.5 Å². The monoisotopic (exact) mass is 288 g/mol. The van der Waals surface area contributed by atoms with Gasteiger partial charge in [0.1, 0.15) is 0 Å². The predicted molar refractivity (Wildman–Crippen MR) is 84.4 cm³/mol. The largest absolute Gasteiger partial charge is 0.339 e. The zero-order chi connectivity index (χ0) is 15.1. The van der Waals surface area contributed by atoms with E-state index < -0.39 is 0 Å². The Bertz CT molecular complexity index is 493. The zero-order valence-corrected chi connectivity index (χ0v) is 12.7. The molecule has 2 rings (SSSR count). The molecule has 0 bridgehead atoms. The molecule has 2 amide bonds. The fraction of sp³-hybridized carbons (Fsp3) is 0.529. The first-order valence-corrected chi connectivity index (χ1v) is 7.90. The van der Waals surface area contributed by atoms with E-state index in [-0.39, 0.29) is 11.8 Å². The number of benzene rings is 1. The van der Waals surface area contributed by atoms with Gasteiger partial charge >= 0.3 is 0 Å². The quantitative estimate of drug-likeness (QED) is 0.902. The van der Waals surface area contributed by atoms with Crippen LogP contribution in [0.3, 0.4) is 0 Å². The number of anilines is 1. The van der Waals surface area contributed by atoms with E-state index in [4.69, 9.17) is 0 Å². The Kier molecular flexibility index (Phi) is 5.78. The summed E-state index contributed by atoms with van der Waals surface area (Å²) in [5.41, 5.74) is 1.23. The SMILES string of the molecule is CCCCC(=O)Nc1ccccc1C(=O)N1CCCCC1. The molecule has 1 aliphatic rings. The zero-order valence-electron chi connectivity index (χ0n) is 12.7. The van der Waals surface area contributed by atoms with Crippen LogP contribution in [0, 0.1) is 0 Å². The van der Waals surface area contributed by atoms with Gasteiger partial charge in [0.2, 0.25) is 5.91 Å². The molecule has 1 fully saturated rings. The Morgan fingerprint density at radius 3 is 2.57 bits per heavy atom. The summed E-state index contributed by atoms with van der Waals surface area (Å²) in [6.45, 7) is 3.69. The van der Waals surface area contributed by atoms with Crippen molar-refractivity contribution in [3.8, 4) is 0 Å². The highest BCUT2D eigenvalue weighted by atomic mass is 16.2. The first-order chi connectivity index (χ1) is 10.2. The number of piperidine rings is 1. The molecule has 1 N–H and O–H groups in total. The highest BCUT2D eigenvalue weighted by Crippen LogP contribution is 2.20. The normalized spacial score (nSPS) is 14.8. The third kappa shape index (κ3) is 4.31. The number of hydrogen-bond donors (Lipinski definition) is 1. The average Bonchev–Trinajstić information content (AvgIpc) is 2.53. The Labute approximate surface area is 126 Å². The Morgan fingerprint density at radius 2 is 1.86 bits per heavy atom. The van der Waals surface area contributed by atoms with E-state index in [0.29, 0.717) is 17.7 Å². The molecule has 0 radical (unpaired) electrons. The summed E-state index contributed by atoms with van der Waals surface area (Å²) in [5.74, 6) is 0.0110. The average molecular weight is 288 g/mol. The maximum atomic E-state index is 12.6. The predicted octanol–water partition coefficient (Wildman–Crippen LogP) is 3.44. The number of nitrogens with zero attached hydrogens (tertiary/aromatic N) is 1. The molecule has 0 aliphatic carbocycles. The molecule has 114 valence electrons. The van der Waals surface area contributed by atoms with Gasteiger partial charge in [0.25, 0.3) is 5.91 Å². The second kappa shape index (κ2) is 7.81. The molecule has 1 aromatic rings. The van der Waals surface area contributed by atoms with Gasteiger partial charge in [0.15, 0.2) is 0 Å². The smallest absolute Gasteiger partial charge is 0.255 e. The van der Waals surface area contributed by atoms with Crippen molar-refractivity contribution in [1.82, 2.24) is 4.90 Å². The maximum Gasteiger partial charge on any atom is 0.255 e. The van der Waals surface area contributed by atoms with Crippen molar-refractivity contribution in [2.24, 2.45) is 0 Å². The number of carbonyl (C=O) groups excluding carboxylic acids is 2. The summed E-state index contributed by atoms with van der Waals surface area (Å²) in [6, 6.07) is 7.30. The van der Waals surface area contributed by atoms with Crippen molar-refractivity contribution in [3.63, 3.8) is 0 Å². The molecule has 0 atom stereocenters. The first kappa shape index (κ1) is 15.5. The molecule has 4 heteroatoms. The molecule has 1 aromatic carbocycles. The van der Waals surface area contributed by atoms with E-state index in [1.807, 2.05) is 17.0 Å². The van der Waals surface area contributed by atoms with E-state index in [1.54, 1.807) is 12.1 Å². The van der Waals surface area contributed by atoms with Gasteiger partial charge in [-0.3, -0.25) is 9.59 Å². The van der Waals surface area contributed by atoms with E-state index in [1.165, 1.54) is 6.42 Å². The highest BCUT2D eigenvalue weighted by molar-refractivity contribution is 6.03. The van der Waals surface area contributed by atoms with Crippen molar-refractivity contribution in [1.29, 1.82) is 0 Å². The van der Waals surface area contributed by atoms with Gasteiger partial charge in [-0.15, -0.1) is 0 Å². The van der Waals surface area contributed by atoms with Crippen LogP contribution in [0.2, 0.25) is 0 Å². The van der Waals surface area contributed by atoms with Crippen LogP contribution in [0.25, 0.3) is 0 Å². The number of hydrogen-bond acceptors (Lipinski definition) is 2. The molecule has 1 aliphatic heterocycles. The molecule has 0 aromatic heterocycles. The first-order valence-electron chi connectivity index (χ1n) is 7.90. The van der Waals surface area contributed by atoms with E-state index in [0.717, 1.165) is 38.8 Å². The summed E-state index contributed by atoms with van der Waals surface area (Å²) in [6.07, 6.45) is 5.69. The number of rotatable bonds is 5. The van der Waals surface area contributed by atoms with Crippen LogP contribution in [0.1, 0.15) is 55.8 Å². The molecule has 1 heterocycles. The summed E-state index contributed by atoms with van der Waals surface area (Å²) in [5, 5.41) is 2.88. The van der Waals surface area contributed by atoms with Crippen LogP contribution in [-0.4, -0.2) is 29.8 Å². The molecular formula is C17H24N2O2. The Balaban J connectivity index is 2.08. The number of carbonyl (C=O) groups is 2. The minimum absolute atomic E-state index is 0.0178. The molecular weight excluding hydrogens is 264 g/mol. The third-order valence-corrected chi connectivity index (χ3v) is 3.83. The second-order valence-electron chi connectivity index (χ2n) is 5.55.